The third kappa shape index (κ3) is 6.30. The molecule has 0 spiro atoms. The van der Waals surface area contributed by atoms with Crippen molar-refractivity contribution >= 4 is 35.3 Å². The summed E-state index contributed by atoms with van der Waals surface area (Å²) in [5, 5.41) is 8.98. The van der Waals surface area contributed by atoms with Gasteiger partial charge in [-0.3, -0.25) is 20.3 Å². The van der Waals surface area contributed by atoms with E-state index < -0.39 is 0 Å². The Hall–Kier alpha value is -2.91. The Labute approximate surface area is 181 Å². The van der Waals surface area contributed by atoms with Gasteiger partial charge < -0.3 is 19.3 Å². The van der Waals surface area contributed by atoms with E-state index in [9.17, 15) is 9.59 Å². The number of nitrogens with one attached hydrogen (secondary N) is 1. The molecule has 0 unspecified atom stereocenters. The average molecular weight is 434 g/mol. The van der Waals surface area contributed by atoms with Gasteiger partial charge in [0, 0.05) is 32.6 Å². The molecule has 1 aliphatic rings. The van der Waals surface area contributed by atoms with Gasteiger partial charge in [-0.15, -0.1) is 0 Å². The zero-order valence-electron chi connectivity index (χ0n) is 17.4. The summed E-state index contributed by atoms with van der Waals surface area (Å²) in [7, 11) is 1.69. The maximum Gasteiger partial charge on any atom is 0.305 e. The minimum Gasteiger partial charge on any atom is -0.466 e. The monoisotopic (exact) mass is 433 g/mol. The van der Waals surface area contributed by atoms with Crippen molar-refractivity contribution in [1.29, 1.82) is 0 Å². The van der Waals surface area contributed by atoms with Crippen LogP contribution in [0.1, 0.15) is 31.7 Å². The van der Waals surface area contributed by atoms with Crippen LogP contribution in [0.3, 0.4) is 0 Å². The summed E-state index contributed by atoms with van der Waals surface area (Å²) in [5.41, 5.74) is 5.32. The Bertz CT molecular complexity index is 853. The maximum atomic E-state index is 12.8. The van der Waals surface area contributed by atoms with Gasteiger partial charge in [0.05, 0.1) is 17.8 Å². The molecule has 0 aliphatic carbocycles. The van der Waals surface area contributed by atoms with Crippen molar-refractivity contribution in [3.05, 3.63) is 47.5 Å². The predicted octanol–water partition coefficient (Wildman–Crippen LogP) is 3.36. The molecule has 1 amide bonds. The number of hydrogen-bond donors (Lipinski definition) is 2. The number of carbonyl (C=O) groups excluding carboxylic acids is 2. The SMILES string of the molecule is CCOC(=O)CCCN(C)C(=O)C1=CCC(Oc2ccc(NO)cc2C)=CN1C=S. The van der Waals surface area contributed by atoms with Crippen LogP contribution in [-0.4, -0.2) is 52.6 Å². The number of ether oxygens (including phenoxy) is 2. The van der Waals surface area contributed by atoms with Gasteiger partial charge in [0.2, 0.25) is 0 Å². The second kappa shape index (κ2) is 11.3. The topological polar surface area (TPSA) is 91.3 Å². The molecule has 0 saturated carbocycles. The van der Waals surface area contributed by atoms with Gasteiger partial charge in [-0.1, -0.05) is 12.2 Å². The number of likely N-dealkylation sites (N-methyl/N-ethyl adjacent to an activating group) is 1. The van der Waals surface area contributed by atoms with E-state index in [0.717, 1.165) is 5.56 Å². The molecule has 1 aliphatic heterocycles. The number of esters is 1. The van der Waals surface area contributed by atoms with Gasteiger partial charge in [-0.25, -0.2) is 0 Å². The third-order valence-corrected chi connectivity index (χ3v) is 4.69. The standard InChI is InChI=1S/C21H27N3O5S/c1-4-28-20(25)6-5-11-23(3)21(26)18-9-8-17(13-24(18)14-30)29-19-10-7-16(22-27)12-15(19)2/h7,9-10,12-14,22,27H,4-6,8,11H2,1-3H3. The molecule has 0 radical (unpaired) electrons. The molecule has 162 valence electrons. The molecule has 0 aromatic heterocycles. The Balaban J connectivity index is 1.98. The van der Waals surface area contributed by atoms with Gasteiger partial charge in [-0.2, -0.15) is 0 Å². The fraction of sp³-hybridized carbons (Fsp3) is 0.381. The van der Waals surface area contributed by atoms with Crippen molar-refractivity contribution < 1.29 is 24.3 Å². The number of anilines is 1. The number of nitrogens with zero attached hydrogens (tertiary/aromatic N) is 2. The first kappa shape index (κ1) is 23.4. The van der Waals surface area contributed by atoms with Crippen molar-refractivity contribution in [1.82, 2.24) is 9.80 Å². The lowest BCUT2D eigenvalue weighted by molar-refractivity contribution is -0.143. The molecule has 1 aromatic rings. The molecule has 8 nitrogen and oxygen atoms in total. The molecule has 9 heteroatoms. The second-order valence-electron chi connectivity index (χ2n) is 6.73. The molecule has 2 N–H and O–H groups in total. The van der Waals surface area contributed by atoms with Crippen molar-refractivity contribution in [3.63, 3.8) is 0 Å². The smallest absolute Gasteiger partial charge is 0.305 e. The number of benzene rings is 1. The third-order valence-electron chi connectivity index (χ3n) is 4.46. The van der Waals surface area contributed by atoms with Crippen LogP contribution in [0.2, 0.25) is 0 Å². The van der Waals surface area contributed by atoms with Crippen LogP contribution in [0, 0.1) is 6.92 Å². The largest absolute Gasteiger partial charge is 0.466 e. The Kier molecular flexibility index (Phi) is 8.82. The summed E-state index contributed by atoms with van der Waals surface area (Å²) < 4.78 is 10.8. The molecule has 0 saturated heterocycles. The first-order valence-electron chi connectivity index (χ1n) is 9.63. The van der Waals surface area contributed by atoms with E-state index in [2.05, 4.69) is 5.48 Å². The predicted molar refractivity (Wildman–Crippen MR) is 117 cm³/mol. The van der Waals surface area contributed by atoms with Crippen molar-refractivity contribution in [3.8, 4) is 5.75 Å². The van der Waals surface area contributed by atoms with E-state index >= 15 is 0 Å². The molecule has 1 heterocycles. The quantitative estimate of drug-likeness (QED) is 0.330. The zero-order chi connectivity index (χ0) is 22.1. The zero-order valence-corrected chi connectivity index (χ0v) is 18.2. The summed E-state index contributed by atoms with van der Waals surface area (Å²) in [6.45, 7) is 4.41. The highest BCUT2D eigenvalue weighted by molar-refractivity contribution is 7.78. The molecule has 0 bridgehead atoms. The van der Waals surface area contributed by atoms with E-state index in [-0.39, 0.29) is 18.3 Å². The first-order chi connectivity index (χ1) is 14.4. The van der Waals surface area contributed by atoms with Crippen LogP contribution in [0.4, 0.5) is 5.69 Å². The number of allylic oxidation sites excluding steroid dienone is 1. The molecule has 30 heavy (non-hydrogen) atoms. The normalized spacial score (nSPS) is 13.1. The summed E-state index contributed by atoms with van der Waals surface area (Å²) >= 11 is 5.07. The van der Waals surface area contributed by atoms with E-state index in [1.807, 2.05) is 6.92 Å². The van der Waals surface area contributed by atoms with Crippen molar-refractivity contribution in [2.24, 2.45) is 0 Å². The summed E-state index contributed by atoms with van der Waals surface area (Å²) in [4.78, 5) is 27.3. The van der Waals surface area contributed by atoms with Gasteiger partial charge in [0.15, 0.2) is 0 Å². The lowest BCUT2D eigenvalue weighted by atomic mass is 10.1. The number of carbonyl (C=O) groups is 2. The number of aryl methyl sites for hydroxylation is 1. The van der Waals surface area contributed by atoms with E-state index in [1.165, 1.54) is 5.49 Å². The maximum absolute atomic E-state index is 12.8. The highest BCUT2D eigenvalue weighted by atomic mass is 32.1. The van der Waals surface area contributed by atoms with E-state index in [1.54, 1.807) is 54.2 Å². The average Bonchev–Trinajstić information content (AvgIpc) is 2.74. The number of hydrogen-bond acceptors (Lipinski definition) is 7. The van der Waals surface area contributed by atoms with Crippen molar-refractivity contribution in [2.75, 3.05) is 25.7 Å². The van der Waals surface area contributed by atoms with Gasteiger partial charge in [-0.05, 0) is 50.1 Å². The summed E-state index contributed by atoms with van der Waals surface area (Å²) in [6, 6.07) is 5.20. The second-order valence-corrected chi connectivity index (χ2v) is 6.94. The molecular formula is C21H27N3O5S. The molecule has 0 fully saturated rings. The highest BCUT2D eigenvalue weighted by Gasteiger charge is 2.23. The van der Waals surface area contributed by atoms with E-state index in [0.29, 0.717) is 48.9 Å². The van der Waals surface area contributed by atoms with Gasteiger partial charge in [0.1, 0.15) is 17.2 Å². The highest BCUT2D eigenvalue weighted by Crippen LogP contribution is 2.27. The minimum atomic E-state index is -0.265. The van der Waals surface area contributed by atoms with Crippen LogP contribution in [-0.2, 0) is 14.3 Å². The Morgan fingerprint density at radius 2 is 2.17 bits per heavy atom. The van der Waals surface area contributed by atoms with E-state index in [4.69, 9.17) is 26.9 Å². The van der Waals surface area contributed by atoms with Crippen LogP contribution in [0.15, 0.2) is 41.9 Å². The van der Waals surface area contributed by atoms with Crippen LogP contribution in [0.25, 0.3) is 0 Å². The summed E-state index contributed by atoms with van der Waals surface area (Å²) in [6.07, 6.45) is 4.67. The minimum absolute atomic E-state index is 0.190. The van der Waals surface area contributed by atoms with Crippen molar-refractivity contribution in [2.45, 2.75) is 33.1 Å². The molecular weight excluding hydrogens is 406 g/mol. The first-order valence-corrected chi connectivity index (χ1v) is 10.1. The number of rotatable bonds is 10. The van der Waals surface area contributed by atoms with Crippen LogP contribution in [0.5, 0.6) is 5.75 Å². The fourth-order valence-corrected chi connectivity index (χ4v) is 3.07. The Morgan fingerprint density at radius 1 is 1.40 bits per heavy atom. The van der Waals surface area contributed by atoms with Crippen LogP contribution >= 0.6 is 12.2 Å². The summed E-state index contributed by atoms with van der Waals surface area (Å²) in [5.74, 6) is 0.817. The van der Waals surface area contributed by atoms with Crippen LogP contribution < -0.4 is 10.2 Å². The lowest BCUT2D eigenvalue weighted by Crippen LogP contribution is -2.35. The van der Waals surface area contributed by atoms with Gasteiger partial charge in [0.25, 0.3) is 5.91 Å². The molecule has 2 rings (SSSR count). The fourth-order valence-electron chi connectivity index (χ4n) is 2.90. The Morgan fingerprint density at radius 3 is 2.80 bits per heavy atom. The number of thiocarbonyl (C=S) groups is 1. The molecule has 0 atom stereocenters. The molecule has 1 aromatic carbocycles. The number of amides is 1. The van der Waals surface area contributed by atoms with Gasteiger partial charge >= 0.3 is 5.97 Å². The lowest BCUT2D eigenvalue weighted by Gasteiger charge is -2.27.